The molecule has 1 saturated heterocycles. The van der Waals surface area contributed by atoms with Crippen LogP contribution in [0.4, 0.5) is 0 Å². The van der Waals surface area contributed by atoms with Crippen molar-refractivity contribution in [1.29, 1.82) is 0 Å². The number of benzene rings is 2. The van der Waals surface area contributed by atoms with E-state index in [2.05, 4.69) is 15.5 Å². The largest absolute Gasteiger partial charge is 0.313 e. The summed E-state index contributed by atoms with van der Waals surface area (Å²) in [6.07, 6.45) is 2.39. The Morgan fingerprint density at radius 1 is 1.04 bits per heavy atom. The van der Waals surface area contributed by atoms with Crippen molar-refractivity contribution in [2.75, 3.05) is 19.6 Å². The number of fused-ring (bicyclic) bond motifs is 1. The van der Waals surface area contributed by atoms with Crippen molar-refractivity contribution in [2.45, 2.75) is 19.8 Å². The third-order valence-electron chi connectivity index (χ3n) is 5.04. The third kappa shape index (κ3) is 2.99. The highest BCUT2D eigenvalue weighted by molar-refractivity contribution is 6.30. The smallest absolute Gasteiger partial charge is 0.179 e. The summed E-state index contributed by atoms with van der Waals surface area (Å²) in [6, 6.07) is 15.9. The highest BCUT2D eigenvalue weighted by Gasteiger charge is 2.23. The Bertz CT molecular complexity index is 921. The molecule has 0 aliphatic carbocycles. The molecule has 0 amide bonds. The molecule has 0 unspecified atom stereocenters. The molecule has 4 rings (SSSR count). The van der Waals surface area contributed by atoms with Gasteiger partial charge in [-0.2, -0.15) is 0 Å². The van der Waals surface area contributed by atoms with E-state index in [-0.39, 0.29) is 5.78 Å². The number of Topliss-reactive ketones (excluding diaryl/α,β-unsaturated/α-hetero) is 1. The maximum Gasteiger partial charge on any atom is 0.179 e. The molecule has 3 aromatic rings. The molecular weight excluding hydrogens is 332 g/mol. The molecule has 3 nitrogen and oxygen atoms in total. The van der Waals surface area contributed by atoms with Gasteiger partial charge in [0.2, 0.25) is 0 Å². The van der Waals surface area contributed by atoms with Gasteiger partial charge in [0.15, 0.2) is 5.78 Å². The van der Waals surface area contributed by atoms with Crippen LogP contribution in [0.25, 0.3) is 16.6 Å². The molecule has 0 bridgehead atoms. The van der Waals surface area contributed by atoms with Crippen LogP contribution in [0, 0.1) is 6.92 Å². The van der Waals surface area contributed by atoms with Crippen molar-refractivity contribution in [2.24, 2.45) is 0 Å². The fraction of sp³-hybridized carbons (Fsp3) is 0.286. The number of hydrogen-bond acceptors (Lipinski definition) is 2. The van der Waals surface area contributed by atoms with Gasteiger partial charge >= 0.3 is 0 Å². The summed E-state index contributed by atoms with van der Waals surface area (Å²) in [5, 5.41) is 1.74. The molecule has 128 valence electrons. The number of likely N-dealkylation sites (tertiary alicyclic amines) is 1. The van der Waals surface area contributed by atoms with Crippen LogP contribution >= 0.6 is 11.6 Å². The average molecular weight is 353 g/mol. The lowest BCUT2D eigenvalue weighted by molar-refractivity contribution is 0.0946. The predicted octanol–water partition coefficient (Wildman–Crippen LogP) is 4.87. The zero-order chi connectivity index (χ0) is 17.4. The highest BCUT2D eigenvalue weighted by Crippen LogP contribution is 2.30. The second-order valence-electron chi connectivity index (χ2n) is 6.70. The minimum absolute atomic E-state index is 0.211. The zero-order valence-electron chi connectivity index (χ0n) is 14.3. The van der Waals surface area contributed by atoms with Crippen molar-refractivity contribution in [3.63, 3.8) is 0 Å². The Kier molecular flexibility index (Phi) is 4.36. The van der Waals surface area contributed by atoms with Crippen molar-refractivity contribution in [3.8, 4) is 5.69 Å². The maximum absolute atomic E-state index is 13.1. The lowest BCUT2D eigenvalue weighted by Gasteiger charge is -2.13. The van der Waals surface area contributed by atoms with Crippen molar-refractivity contribution >= 4 is 28.3 Å². The standard InChI is InChI=1S/C21H21ClN2O/c1-15-21(20(25)14-23-12-4-5-13-23)18-6-2-3-7-19(18)24(15)17-10-8-16(22)9-11-17/h2-3,6-11H,4-5,12-14H2,1H3. The van der Waals surface area contributed by atoms with E-state index >= 15 is 0 Å². The SMILES string of the molecule is Cc1c(C(=O)CN2CCCC2)c2ccccc2n1-c1ccc(Cl)cc1. The van der Waals surface area contributed by atoms with Crippen molar-refractivity contribution in [3.05, 3.63) is 64.8 Å². The van der Waals surface area contributed by atoms with E-state index in [0.29, 0.717) is 11.6 Å². The van der Waals surface area contributed by atoms with Crippen LogP contribution in [0.5, 0.6) is 0 Å². The normalized spacial score (nSPS) is 15.1. The first-order valence-electron chi connectivity index (χ1n) is 8.76. The van der Waals surface area contributed by atoms with E-state index in [1.54, 1.807) is 0 Å². The number of halogens is 1. The lowest BCUT2D eigenvalue weighted by Crippen LogP contribution is -2.27. The quantitative estimate of drug-likeness (QED) is 0.626. The molecule has 2 heterocycles. The minimum atomic E-state index is 0.211. The summed E-state index contributed by atoms with van der Waals surface area (Å²) < 4.78 is 2.16. The van der Waals surface area contributed by atoms with Gasteiger partial charge in [-0.05, 0) is 63.2 Å². The number of hydrogen-bond donors (Lipinski definition) is 0. The number of ketones is 1. The molecule has 1 aliphatic rings. The highest BCUT2D eigenvalue weighted by atomic mass is 35.5. The van der Waals surface area contributed by atoms with Crippen LogP contribution in [0.2, 0.25) is 5.02 Å². The molecule has 4 heteroatoms. The van der Waals surface area contributed by atoms with Gasteiger partial charge in [-0.3, -0.25) is 9.69 Å². The zero-order valence-corrected chi connectivity index (χ0v) is 15.1. The number of nitrogens with zero attached hydrogens (tertiary/aromatic N) is 2. The molecule has 2 aromatic carbocycles. The average Bonchev–Trinajstić information content (AvgIpc) is 3.21. The van der Waals surface area contributed by atoms with E-state index < -0.39 is 0 Å². The Hall–Kier alpha value is -2.10. The summed E-state index contributed by atoms with van der Waals surface area (Å²) in [6.45, 7) is 4.60. The number of aromatic nitrogens is 1. The van der Waals surface area contributed by atoms with Gasteiger partial charge < -0.3 is 4.57 Å². The number of para-hydroxylation sites is 1. The van der Waals surface area contributed by atoms with Crippen LogP contribution in [-0.2, 0) is 0 Å². The van der Waals surface area contributed by atoms with E-state index in [9.17, 15) is 4.79 Å². The molecule has 0 saturated carbocycles. The molecule has 0 radical (unpaired) electrons. The fourth-order valence-electron chi connectivity index (χ4n) is 3.87. The minimum Gasteiger partial charge on any atom is -0.313 e. The molecule has 0 spiro atoms. The van der Waals surface area contributed by atoms with Gasteiger partial charge in [0.25, 0.3) is 0 Å². The summed E-state index contributed by atoms with van der Waals surface area (Å²) in [4.78, 5) is 15.3. The first kappa shape index (κ1) is 16.4. The summed E-state index contributed by atoms with van der Waals surface area (Å²) >= 11 is 6.04. The molecular formula is C21H21ClN2O. The number of rotatable bonds is 4. The number of carbonyl (C=O) groups is 1. The maximum atomic E-state index is 13.1. The molecule has 1 aromatic heterocycles. The molecule has 0 atom stereocenters. The lowest BCUT2D eigenvalue weighted by atomic mass is 10.1. The first-order chi connectivity index (χ1) is 12.1. The number of carbonyl (C=O) groups excluding carboxylic acids is 1. The molecule has 25 heavy (non-hydrogen) atoms. The van der Waals surface area contributed by atoms with E-state index in [1.807, 2.05) is 49.4 Å². The van der Waals surface area contributed by atoms with E-state index in [4.69, 9.17) is 11.6 Å². The fourth-order valence-corrected chi connectivity index (χ4v) is 3.99. The van der Waals surface area contributed by atoms with E-state index in [1.165, 1.54) is 12.8 Å². The van der Waals surface area contributed by atoms with Gasteiger partial charge in [-0.1, -0.05) is 29.8 Å². The topological polar surface area (TPSA) is 25.2 Å². The van der Waals surface area contributed by atoms with Crippen LogP contribution in [0.3, 0.4) is 0 Å². The third-order valence-corrected chi connectivity index (χ3v) is 5.29. The second kappa shape index (κ2) is 6.66. The summed E-state index contributed by atoms with van der Waals surface area (Å²) in [5.41, 5.74) is 3.93. The van der Waals surface area contributed by atoms with Crippen molar-refractivity contribution < 1.29 is 4.79 Å². The van der Waals surface area contributed by atoms with E-state index in [0.717, 1.165) is 40.9 Å². The summed E-state index contributed by atoms with van der Waals surface area (Å²) in [7, 11) is 0. The molecule has 0 N–H and O–H groups in total. The second-order valence-corrected chi connectivity index (χ2v) is 7.13. The van der Waals surface area contributed by atoms with Crippen LogP contribution in [-0.4, -0.2) is 34.9 Å². The Balaban J connectivity index is 1.83. The van der Waals surface area contributed by atoms with Gasteiger partial charge in [0.1, 0.15) is 0 Å². The van der Waals surface area contributed by atoms with Gasteiger partial charge in [-0.15, -0.1) is 0 Å². The van der Waals surface area contributed by atoms with Gasteiger partial charge in [-0.25, -0.2) is 0 Å². The molecule has 1 fully saturated rings. The van der Waals surface area contributed by atoms with Gasteiger partial charge in [0, 0.05) is 27.4 Å². The first-order valence-corrected chi connectivity index (χ1v) is 9.14. The predicted molar refractivity (Wildman–Crippen MR) is 103 cm³/mol. The van der Waals surface area contributed by atoms with Crippen molar-refractivity contribution in [1.82, 2.24) is 9.47 Å². The van der Waals surface area contributed by atoms with Crippen LogP contribution < -0.4 is 0 Å². The van der Waals surface area contributed by atoms with Crippen LogP contribution in [0.15, 0.2) is 48.5 Å². The van der Waals surface area contributed by atoms with Gasteiger partial charge in [0.05, 0.1) is 12.1 Å². The Morgan fingerprint density at radius 3 is 2.44 bits per heavy atom. The van der Waals surface area contributed by atoms with Crippen LogP contribution in [0.1, 0.15) is 28.9 Å². The molecule has 1 aliphatic heterocycles. The summed E-state index contributed by atoms with van der Waals surface area (Å²) in [5.74, 6) is 0.211. The Labute approximate surface area is 152 Å². The Morgan fingerprint density at radius 2 is 1.72 bits per heavy atom. The monoisotopic (exact) mass is 352 g/mol.